The smallest absolute Gasteiger partial charge is 0.406 e. The van der Waals surface area contributed by atoms with Crippen molar-refractivity contribution >= 4 is 34.8 Å². The molecule has 180 valence electrons. The van der Waals surface area contributed by atoms with Gasteiger partial charge in [0.05, 0.1) is 17.4 Å². The van der Waals surface area contributed by atoms with E-state index in [0.29, 0.717) is 27.5 Å². The lowest BCUT2D eigenvalue weighted by molar-refractivity contribution is -0.274. The van der Waals surface area contributed by atoms with Crippen LogP contribution in [0.2, 0.25) is 5.02 Å². The molecule has 2 amide bonds. The van der Waals surface area contributed by atoms with Gasteiger partial charge >= 0.3 is 6.36 Å². The number of benzene rings is 3. The molecule has 10 heteroatoms. The van der Waals surface area contributed by atoms with Crippen molar-refractivity contribution in [1.82, 2.24) is 0 Å². The van der Waals surface area contributed by atoms with Crippen LogP contribution in [0.25, 0.3) is 0 Å². The second-order valence-corrected chi connectivity index (χ2v) is 8.58. The number of halogens is 4. The first-order valence-corrected chi connectivity index (χ1v) is 11.0. The summed E-state index contributed by atoms with van der Waals surface area (Å²) < 4.78 is 41.8. The minimum absolute atomic E-state index is 0.365. The molecule has 0 aliphatic carbocycles. The Balaban J connectivity index is 1.55. The lowest BCUT2D eigenvalue weighted by Gasteiger charge is -2.29. The van der Waals surface area contributed by atoms with Crippen molar-refractivity contribution < 1.29 is 32.3 Å². The van der Waals surface area contributed by atoms with Crippen LogP contribution in [0.5, 0.6) is 5.75 Å². The van der Waals surface area contributed by atoms with Crippen LogP contribution in [-0.2, 0) is 14.4 Å². The molecule has 0 unspecified atom stereocenters. The molecule has 3 aromatic carbocycles. The zero-order valence-corrected chi connectivity index (χ0v) is 19.0. The zero-order chi connectivity index (χ0) is 24.9. The number of alkyl halides is 3. The van der Waals surface area contributed by atoms with Crippen LogP contribution < -0.4 is 14.7 Å². The van der Waals surface area contributed by atoms with Crippen LogP contribution in [0.1, 0.15) is 17.2 Å². The molecule has 5 rings (SSSR count). The summed E-state index contributed by atoms with van der Waals surface area (Å²) >= 11 is 6.22. The molecule has 2 heterocycles. The number of rotatable bonds is 4. The molecule has 0 saturated carbocycles. The minimum atomic E-state index is -4.83. The van der Waals surface area contributed by atoms with E-state index in [4.69, 9.17) is 16.4 Å². The predicted molar refractivity (Wildman–Crippen MR) is 122 cm³/mol. The van der Waals surface area contributed by atoms with E-state index in [2.05, 4.69) is 4.74 Å². The van der Waals surface area contributed by atoms with Gasteiger partial charge in [-0.2, -0.15) is 0 Å². The molecule has 6 nitrogen and oxygen atoms in total. The van der Waals surface area contributed by atoms with Gasteiger partial charge in [0, 0.05) is 5.02 Å². The molecular formula is C25H18ClF3N2O4. The number of para-hydroxylation sites is 1. The van der Waals surface area contributed by atoms with Gasteiger partial charge < -0.3 is 4.74 Å². The molecule has 3 aromatic rings. The highest BCUT2D eigenvalue weighted by molar-refractivity contribution is 6.32. The number of hydrogen-bond acceptors (Lipinski definition) is 5. The van der Waals surface area contributed by atoms with Crippen molar-refractivity contribution in [2.75, 3.05) is 9.96 Å². The SMILES string of the molecule is Cc1c(Cl)cccc1N1C(=O)[C@@H]2[C@@H](ON(c3ccccc3)[C@H]2c2ccc(OC(F)(F)F)cc2)C1=O. The van der Waals surface area contributed by atoms with Crippen LogP contribution in [-0.4, -0.2) is 24.3 Å². The largest absolute Gasteiger partial charge is 0.573 e. The first-order valence-electron chi connectivity index (χ1n) is 10.7. The Morgan fingerprint density at radius 1 is 0.914 bits per heavy atom. The van der Waals surface area contributed by atoms with Gasteiger partial charge in [-0.3, -0.25) is 14.4 Å². The molecule has 2 aliphatic rings. The summed E-state index contributed by atoms with van der Waals surface area (Å²) in [5.41, 5.74) is 2.01. The molecule has 0 radical (unpaired) electrons. The number of fused-ring (bicyclic) bond motifs is 1. The van der Waals surface area contributed by atoms with Gasteiger partial charge in [0.2, 0.25) is 5.91 Å². The molecular weight excluding hydrogens is 485 g/mol. The number of ether oxygens (including phenoxy) is 1. The zero-order valence-electron chi connectivity index (χ0n) is 18.2. The van der Waals surface area contributed by atoms with Gasteiger partial charge in [-0.05, 0) is 54.4 Å². The highest BCUT2D eigenvalue weighted by Gasteiger charge is 2.60. The van der Waals surface area contributed by atoms with Gasteiger partial charge in [0.25, 0.3) is 5.91 Å². The second kappa shape index (κ2) is 8.58. The third kappa shape index (κ3) is 4.11. The van der Waals surface area contributed by atoms with E-state index in [-0.39, 0.29) is 0 Å². The van der Waals surface area contributed by atoms with Crippen molar-refractivity contribution in [2.24, 2.45) is 5.92 Å². The molecule has 2 saturated heterocycles. The summed E-state index contributed by atoms with van der Waals surface area (Å²) in [4.78, 5) is 34.2. The van der Waals surface area contributed by atoms with Gasteiger partial charge in [-0.15, -0.1) is 13.2 Å². The highest BCUT2D eigenvalue weighted by Crippen LogP contribution is 2.48. The van der Waals surface area contributed by atoms with E-state index in [1.165, 1.54) is 29.3 Å². The molecule has 0 bridgehead atoms. The Labute approximate surface area is 203 Å². The number of amides is 2. The van der Waals surface area contributed by atoms with Gasteiger partial charge in [-0.1, -0.05) is 48.0 Å². The van der Waals surface area contributed by atoms with E-state index in [9.17, 15) is 22.8 Å². The summed E-state index contributed by atoms with van der Waals surface area (Å²) in [7, 11) is 0. The number of hydrogen-bond donors (Lipinski definition) is 0. The molecule has 2 aliphatic heterocycles. The van der Waals surface area contributed by atoms with Crippen LogP contribution in [0, 0.1) is 12.8 Å². The number of nitrogens with zero attached hydrogens (tertiary/aromatic N) is 2. The fraction of sp³-hybridized carbons (Fsp3) is 0.200. The third-order valence-electron chi connectivity index (χ3n) is 6.06. The van der Waals surface area contributed by atoms with E-state index < -0.39 is 42.0 Å². The van der Waals surface area contributed by atoms with Crippen LogP contribution in [0.4, 0.5) is 24.5 Å². The number of imide groups is 1. The average molecular weight is 503 g/mol. The van der Waals surface area contributed by atoms with Crippen molar-refractivity contribution in [1.29, 1.82) is 0 Å². The van der Waals surface area contributed by atoms with Crippen molar-refractivity contribution in [3.8, 4) is 5.75 Å². The summed E-state index contributed by atoms with van der Waals surface area (Å²) in [5.74, 6) is -2.35. The quantitative estimate of drug-likeness (QED) is 0.435. The summed E-state index contributed by atoms with van der Waals surface area (Å²) in [6, 6.07) is 18.2. The highest BCUT2D eigenvalue weighted by atomic mass is 35.5. The predicted octanol–water partition coefficient (Wildman–Crippen LogP) is 5.60. The maximum absolute atomic E-state index is 13.7. The van der Waals surface area contributed by atoms with Crippen LogP contribution in [0.15, 0.2) is 72.8 Å². The minimum Gasteiger partial charge on any atom is -0.406 e. The Morgan fingerprint density at radius 2 is 1.60 bits per heavy atom. The summed E-state index contributed by atoms with van der Waals surface area (Å²) in [6.45, 7) is 1.71. The monoisotopic (exact) mass is 502 g/mol. The van der Waals surface area contributed by atoms with Crippen molar-refractivity contribution in [3.05, 3.63) is 88.9 Å². The van der Waals surface area contributed by atoms with E-state index in [0.717, 1.165) is 4.90 Å². The molecule has 2 fully saturated rings. The lowest BCUT2D eigenvalue weighted by Crippen LogP contribution is -2.37. The average Bonchev–Trinajstić information content (AvgIpc) is 3.32. The van der Waals surface area contributed by atoms with Crippen LogP contribution in [0.3, 0.4) is 0 Å². The van der Waals surface area contributed by atoms with E-state index in [1.54, 1.807) is 55.5 Å². The summed E-state index contributed by atoms with van der Waals surface area (Å²) in [5, 5.41) is 1.87. The van der Waals surface area contributed by atoms with Gasteiger partial charge in [0.1, 0.15) is 11.7 Å². The molecule has 0 N–H and O–H groups in total. The molecule has 3 atom stereocenters. The van der Waals surface area contributed by atoms with Gasteiger partial charge in [-0.25, -0.2) is 9.96 Å². The Morgan fingerprint density at radius 3 is 2.26 bits per heavy atom. The van der Waals surface area contributed by atoms with Crippen molar-refractivity contribution in [2.45, 2.75) is 25.4 Å². The standard InChI is InChI=1S/C25H18ClF3N2O4/c1-14-18(26)8-5-9-19(14)30-23(32)20-21(15-10-12-17(13-11-15)34-25(27,28)29)31(35-22(20)24(30)33)16-6-3-2-4-7-16/h2-13,20-22H,1H3/t20-,21-,22+/m0/s1. The van der Waals surface area contributed by atoms with Gasteiger partial charge in [0.15, 0.2) is 6.10 Å². The maximum atomic E-state index is 13.7. The normalized spacial score (nSPS) is 22.0. The topological polar surface area (TPSA) is 59.1 Å². The fourth-order valence-electron chi connectivity index (χ4n) is 4.49. The Hall–Kier alpha value is -3.56. The second-order valence-electron chi connectivity index (χ2n) is 8.17. The Bertz CT molecular complexity index is 1280. The first-order chi connectivity index (χ1) is 16.7. The summed E-state index contributed by atoms with van der Waals surface area (Å²) in [6.07, 6.45) is -5.94. The van der Waals surface area contributed by atoms with Crippen LogP contribution >= 0.6 is 11.6 Å². The Kier molecular flexibility index (Phi) is 5.69. The van der Waals surface area contributed by atoms with E-state index >= 15 is 0 Å². The molecule has 0 spiro atoms. The number of hydroxylamine groups is 1. The van der Waals surface area contributed by atoms with E-state index in [1.807, 2.05) is 0 Å². The number of carbonyl (C=O) groups is 2. The first kappa shape index (κ1) is 23.2. The number of carbonyl (C=O) groups excluding carboxylic acids is 2. The molecule has 0 aromatic heterocycles. The number of anilines is 2. The lowest BCUT2D eigenvalue weighted by atomic mass is 9.90. The maximum Gasteiger partial charge on any atom is 0.573 e. The fourth-order valence-corrected chi connectivity index (χ4v) is 4.66. The molecule has 35 heavy (non-hydrogen) atoms. The third-order valence-corrected chi connectivity index (χ3v) is 6.47. The van der Waals surface area contributed by atoms with Crippen molar-refractivity contribution in [3.63, 3.8) is 0 Å².